The lowest BCUT2D eigenvalue weighted by Gasteiger charge is -2.32. The van der Waals surface area contributed by atoms with Crippen molar-refractivity contribution in [1.29, 1.82) is 0 Å². The number of hydrogen-bond donors (Lipinski definition) is 2. The summed E-state index contributed by atoms with van der Waals surface area (Å²) >= 11 is 23.7. The van der Waals surface area contributed by atoms with Gasteiger partial charge in [0, 0.05) is 38.3 Å². The third-order valence-corrected chi connectivity index (χ3v) is 7.78. The summed E-state index contributed by atoms with van der Waals surface area (Å²) in [5.74, 6) is 1.55. The molecule has 2 heterocycles. The zero-order valence-electron chi connectivity index (χ0n) is 23.3. The first kappa shape index (κ1) is 32.9. The number of likely N-dealkylation sites (tertiary alicyclic amines) is 1. The maximum Gasteiger partial charge on any atom is 0.407 e. The van der Waals surface area contributed by atoms with Gasteiger partial charge in [0.2, 0.25) is 0 Å². The number of rotatable bonds is 7. The first-order valence-corrected chi connectivity index (χ1v) is 15.1. The van der Waals surface area contributed by atoms with Crippen LogP contribution in [0.5, 0.6) is 11.5 Å². The topological polar surface area (TPSA) is 72.1 Å². The minimum absolute atomic E-state index is 0.173. The average molecular weight is 635 g/mol. The molecule has 2 aliphatic heterocycles. The molecule has 2 aromatic carbocycles. The van der Waals surface area contributed by atoms with Crippen molar-refractivity contribution in [2.45, 2.75) is 64.3 Å². The monoisotopic (exact) mass is 633 g/mol. The van der Waals surface area contributed by atoms with Crippen molar-refractivity contribution < 1.29 is 19.0 Å². The minimum atomic E-state index is -0.468. The van der Waals surface area contributed by atoms with Crippen molar-refractivity contribution in [3.63, 3.8) is 0 Å². The van der Waals surface area contributed by atoms with Gasteiger partial charge in [0.15, 0.2) is 0 Å². The van der Waals surface area contributed by atoms with E-state index in [1.165, 1.54) is 0 Å². The highest BCUT2D eigenvalue weighted by atomic mass is 35.5. The van der Waals surface area contributed by atoms with Crippen LogP contribution >= 0.6 is 46.4 Å². The highest BCUT2D eigenvalue weighted by Gasteiger charge is 2.21. The van der Waals surface area contributed by atoms with E-state index in [1.54, 1.807) is 24.3 Å². The van der Waals surface area contributed by atoms with E-state index in [2.05, 4.69) is 15.5 Å². The number of alkyl carbamates (subject to hydrolysis) is 1. The Morgan fingerprint density at radius 3 is 1.82 bits per heavy atom. The summed E-state index contributed by atoms with van der Waals surface area (Å²) in [5, 5.41) is 8.22. The molecule has 0 atom stereocenters. The number of halogens is 4. The van der Waals surface area contributed by atoms with E-state index < -0.39 is 5.60 Å². The Kier molecular flexibility index (Phi) is 13.3. The van der Waals surface area contributed by atoms with Crippen molar-refractivity contribution in [1.82, 2.24) is 15.5 Å². The molecule has 2 aliphatic rings. The van der Waals surface area contributed by atoms with E-state index in [1.807, 2.05) is 32.9 Å². The first-order valence-electron chi connectivity index (χ1n) is 13.6. The van der Waals surface area contributed by atoms with Gasteiger partial charge >= 0.3 is 6.09 Å². The molecule has 0 spiro atoms. The standard InChI is InChI=1S/C18H26Cl2N2O3.C11H13Cl2NO/c1-18(2,3)25-17(23)21-8-11-22-9-6-13(7-10-22)24-14-4-5-15(19)16(20)12-14;12-10-2-1-9(7-11(10)13)15-8-3-5-14-6-4-8/h4-5,12-13H,6-11H2,1-3H3,(H,21,23);1-2,7-8,14H,3-6H2. The van der Waals surface area contributed by atoms with Gasteiger partial charge in [-0.25, -0.2) is 4.79 Å². The maximum absolute atomic E-state index is 11.6. The van der Waals surface area contributed by atoms with Crippen LogP contribution in [0.15, 0.2) is 36.4 Å². The van der Waals surface area contributed by atoms with Crippen LogP contribution in [-0.2, 0) is 4.74 Å². The molecule has 11 heteroatoms. The second-order valence-electron chi connectivity index (χ2n) is 10.8. The number of nitrogens with zero attached hydrogens (tertiary/aromatic N) is 1. The van der Waals surface area contributed by atoms with Crippen molar-refractivity contribution in [2.24, 2.45) is 0 Å². The molecule has 7 nitrogen and oxygen atoms in total. The molecule has 222 valence electrons. The van der Waals surface area contributed by atoms with Gasteiger partial charge in [-0.3, -0.25) is 0 Å². The third kappa shape index (κ3) is 12.1. The van der Waals surface area contributed by atoms with Gasteiger partial charge in [-0.05, 0) is 83.8 Å². The van der Waals surface area contributed by atoms with Crippen molar-refractivity contribution >= 4 is 52.5 Å². The van der Waals surface area contributed by atoms with Gasteiger partial charge in [0.1, 0.15) is 29.3 Å². The van der Waals surface area contributed by atoms with Crippen LogP contribution in [0.2, 0.25) is 20.1 Å². The highest BCUT2D eigenvalue weighted by Crippen LogP contribution is 2.29. The quantitative estimate of drug-likeness (QED) is 0.329. The van der Waals surface area contributed by atoms with Crippen LogP contribution in [0.3, 0.4) is 0 Å². The van der Waals surface area contributed by atoms with E-state index in [0.717, 1.165) is 69.9 Å². The maximum atomic E-state index is 11.6. The molecular formula is C29H39Cl4N3O4. The molecule has 0 saturated carbocycles. The van der Waals surface area contributed by atoms with Gasteiger partial charge in [0.05, 0.1) is 20.1 Å². The Labute approximate surface area is 257 Å². The molecule has 40 heavy (non-hydrogen) atoms. The average Bonchev–Trinajstić information content (AvgIpc) is 2.89. The fourth-order valence-electron chi connectivity index (χ4n) is 4.28. The largest absolute Gasteiger partial charge is 0.490 e. The predicted octanol–water partition coefficient (Wildman–Crippen LogP) is 7.49. The number of ether oxygens (including phenoxy) is 3. The molecule has 0 unspecified atom stereocenters. The lowest BCUT2D eigenvalue weighted by atomic mass is 10.1. The van der Waals surface area contributed by atoms with E-state index in [4.69, 9.17) is 60.6 Å². The molecule has 0 bridgehead atoms. The summed E-state index contributed by atoms with van der Waals surface area (Å²) in [5.41, 5.74) is -0.468. The lowest BCUT2D eigenvalue weighted by molar-refractivity contribution is 0.0512. The molecular weight excluding hydrogens is 596 g/mol. The van der Waals surface area contributed by atoms with Gasteiger partial charge in [-0.15, -0.1) is 0 Å². The second-order valence-corrected chi connectivity index (χ2v) is 12.4. The van der Waals surface area contributed by atoms with Crippen LogP contribution in [0.25, 0.3) is 0 Å². The van der Waals surface area contributed by atoms with Crippen LogP contribution in [0, 0.1) is 0 Å². The summed E-state index contributed by atoms with van der Waals surface area (Å²) in [7, 11) is 0. The molecule has 2 saturated heterocycles. The molecule has 2 aromatic rings. The summed E-state index contributed by atoms with van der Waals surface area (Å²) in [6, 6.07) is 10.7. The molecule has 2 N–H and O–H groups in total. The lowest BCUT2D eigenvalue weighted by Crippen LogP contribution is -2.43. The highest BCUT2D eigenvalue weighted by molar-refractivity contribution is 6.42. The van der Waals surface area contributed by atoms with Crippen molar-refractivity contribution in [3.8, 4) is 11.5 Å². The Morgan fingerprint density at radius 2 is 1.35 bits per heavy atom. The molecule has 0 radical (unpaired) electrons. The van der Waals surface area contributed by atoms with E-state index >= 15 is 0 Å². The number of nitrogens with one attached hydrogen (secondary N) is 2. The number of carbonyl (C=O) groups excluding carboxylic acids is 1. The Bertz CT molecular complexity index is 1090. The Morgan fingerprint density at radius 1 is 0.850 bits per heavy atom. The van der Waals surface area contributed by atoms with Crippen molar-refractivity contribution in [3.05, 3.63) is 56.5 Å². The number of carbonyl (C=O) groups is 1. The van der Waals surface area contributed by atoms with Crippen LogP contribution < -0.4 is 20.1 Å². The summed E-state index contributed by atoms with van der Waals surface area (Å²) < 4.78 is 17.0. The fourth-order valence-corrected chi connectivity index (χ4v) is 4.86. The van der Waals surface area contributed by atoms with Gasteiger partial charge in [0.25, 0.3) is 0 Å². The fraction of sp³-hybridized carbons (Fsp3) is 0.552. The Hall–Kier alpha value is -1.61. The number of piperidine rings is 2. The molecule has 0 aliphatic carbocycles. The Balaban J connectivity index is 0.000000249. The molecule has 4 rings (SSSR count). The zero-order chi connectivity index (χ0) is 29.1. The van der Waals surface area contributed by atoms with Crippen LogP contribution in [-0.4, -0.2) is 68.1 Å². The normalized spacial score (nSPS) is 17.0. The SMILES string of the molecule is CC(C)(C)OC(=O)NCCN1CCC(Oc2ccc(Cl)c(Cl)c2)CC1.Clc1ccc(OC2CCNCC2)cc1Cl. The molecule has 2 fully saturated rings. The van der Waals surface area contributed by atoms with Gasteiger partial charge in [-0.1, -0.05) is 46.4 Å². The van der Waals surface area contributed by atoms with Gasteiger partial charge in [-0.2, -0.15) is 0 Å². The number of amides is 1. The number of benzene rings is 2. The van der Waals surface area contributed by atoms with E-state index in [9.17, 15) is 4.79 Å². The summed E-state index contributed by atoms with van der Waals surface area (Å²) in [6.07, 6.45) is 4.06. The van der Waals surface area contributed by atoms with Gasteiger partial charge < -0.3 is 29.7 Å². The summed E-state index contributed by atoms with van der Waals surface area (Å²) in [4.78, 5) is 13.9. The van der Waals surface area contributed by atoms with Crippen LogP contribution in [0.1, 0.15) is 46.5 Å². The predicted molar refractivity (Wildman–Crippen MR) is 164 cm³/mol. The van der Waals surface area contributed by atoms with Crippen LogP contribution in [0.4, 0.5) is 4.79 Å². The molecule has 0 aromatic heterocycles. The van der Waals surface area contributed by atoms with E-state index in [-0.39, 0.29) is 12.2 Å². The smallest absolute Gasteiger partial charge is 0.407 e. The molecule has 1 amide bonds. The third-order valence-electron chi connectivity index (χ3n) is 6.30. The first-order chi connectivity index (χ1) is 19.0. The summed E-state index contributed by atoms with van der Waals surface area (Å²) in [6.45, 7) is 10.8. The zero-order valence-corrected chi connectivity index (χ0v) is 26.3. The minimum Gasteiger partial charge on any atom is -0.490 e. The number of hydrogen-bond acceptors (Lipinski definition) is 6. The van der Waals surface area contributed by atoms with Crippen molar-refractivity contribution in [2.75, 3.05) is 39.3 Å². The van der Waals surface area contributed by atoms with E-state index in [0.29, 0.717) is 32.7 Å². The second kappa shape index (κ2) is 16.1.